The normalized spacial score (nSPS) is 10.6. The van der Waals surface area contributed by atoms with Crippen LogP contribution < -0.4 is 5.32 Å². The zero-order valence-electron chi connectivity index (χ0n) is 15.7. The standard InChI is InChI=1S/C21H21N3O4/c1-3-28-18(25)12-22-21(27)19-20(26)13(2)23-17(24-19)11-14-8-9-15-6-4-5-7-16(15)10-14/h4-10,26H,3,11-12H2,1-2H3,(H,22,27). The summed E-state index contributed by atoms with van der Waals surface area (Å²) in [5.41, 5.74) is 1.13. The first-order valence-corrected chi connectivity index (χ1v) is 8.96. The second kappa shape index (κ2) is 8.47. The molecule has 0 aliphatic rings. The number of aromatic nitrogens is 2. The summed E-state index contributed by atoms with van der Waals surface area (Å²) in [6, 6.07) is 14.1. The highest BCUT2D eigenvalue weighted by Gasteiger charge is 2.19. The number of nitrogens with zero attached hydrogens (tertiary/aromatic N) is 2. The van der Waals surface area contributed by atoms with Crippen LogP contribution in [-0.4, -0.2) is 40.1 Å². The maximum absolute atomic E-state index is 12.3. The van der Waals surface area contributed by atoms with Crippen molar-refractivity contribution < 1.29 is 19.4 Å². The van der Waals surface area contributed by atoms with E-state index in [2.05, 4.69) is 15.3 Å². The number of hydrogen-bond acceptors (Lipinski definition) is 6. The van der Waals surface area contributed by atoms with Gasteiger partial charge in [0.15, 0.2) is 11.4 Å². The number of benzene rings is 2. The minimum atomic E-state index is -0.657. The van der Waals surface area contributed by atoms with Crippen molar-refractivity contribution in [1.29, 1.82) is 0 Å². The Bertz CT molecular complexity index is 1030. The lowest BCUT2D eigenvalue weighted by atomic mass is 10.0. The molecule has 0 spiro atoms. The molecule has 0 atom stereocenters. The molecule has 1 aromatic heterocycles. The first kappa shape index (κ1) is 19.3. The van der Waals surface area contributed by atoms with E-state index in [-0.39, 0.29) is 24.6 Å². The van der Waals surface area contributed by atoms with Crippen molar-refractivity contribution in [3.05, 3.63) is 65.2 Å². The highest BCUT2D eigenvalue weighted by molar-refractivity contribution is 5.96. The maximum Gasteiger partial charge on any atom is 0.325 e. The Balaban J connectivity index is 1.81. The third kappa shape index (κ3) is 4.43. The van der Waals surface area contributed by atoms with E-state index in [0.29, 0.717) is 17.9 Å². The predicted octanol–water partition coefficient (Wildman–Crippen LogP) is 2.53. The molecule has 0 unspecified atom stereocenters. The minimum Gasteiger partial charge on any atom is -0.504 e. The van der Waals surface area contributed by atoms with Gasteiger partial charge >= 0.3 is 5.97 Å². The zero-order chi connectivity index (χ0) is 20.1. The molecule has 0 radical (unpaired) electrons. The van der Waals surface area contributed by atoms with Gasteiger partial charge < -0.3 is 15.2 Å². The molecule has 0 aliphatic carbocycles. The smallest absolute Gasteiger partial charge is 0.325 e. The Morgan fingerprint density at radius 1 is 1.11 bits per heavy atom. The van der Waals surface area contributed by atoms with Gasteiger partial charge in [-0.2, -0.15) is 0 Å². The van der Waals surface area contributed by atoms with Crippen LogP contribution in [0.2, 0.25) is 0 Å². The van der Waals surface area contributed by atoms with Crippen LogP contribution in [-0.2, 0) is 16.0 Å². The van der Waals surface area contributed by atoms with Crippen molar-refractivity contribution >= 4 is 22.6 Å². The Hall–Kier alpha value is -3.48. The molecular weight excluding hydrogens is 358 g/mol. The largest absolute Gasteiger partial charge is 0.504 e. The van der Waals surface area contributed by atoms with Gasteiger partial charge in [0.05, 0.1) is 12.3 Å². The van der Waals surface area contributed by atoms with Crippen molar-refractivity contribution in [2.24, 2.45) is 0 Å². The van der Waals surface area contributed by atoms with E-state index >= 15 is 0 Å². The van der Waals surface area contributed by atoms with Gasteiger partial charge in [-0.3, -0.25) is 9.59 Å². The predicted molar refractivity (Wildman–Crippen MR) is 104 cm³/mol. The van der Waals surface area contributed by atoms with E-state index in [1.165, 1.54) is 0 Å². The fourth-order valence-corrected chi connectivity index (χ4v) is 2.84. The van der Waals surface area contributed by atoms with Gasteiger partial charge in [0.25, 0.3) is 5.91 Å². The summed E-state index contributed by atoms with van der Waals surface area (Å²) in [4.78, 5) is 32.2. The van der Waals surface area contributed by atoms with E-state index in [4.69, 9.17) is 4.74 Å². The van der Waals surface area contributed by atoms with Crippen LogP contribution in [0.3, 0.4) is 0 Å². The molecule has 0 saturated carbocycles. The molecule has 144 valence electrons. The summed E-state index contributed by atoms with van der Waals surface area (Å²) in [5, 5.41) is 14.8. The van der Waals surface area contributed by atoms with Crippen LogP contribution in [0.4, 0.5) is 0 Å². The SMILES string of the molecule is CCOC(=O)CNC(=O)c1nc(Cc2ccc3ccccc3c2)nc(C)c1O. The van der Waals surface area contributed by atoms with Gasteiger partial charge in [0.2, 0.25) is 0 Å². The lowest BCUT2D eigenvalue weighted by Crippen LogP contribution is -2.31. The Morgan fingerprint density at radius 2 is 1.86 bits per heavy atom. The third-order valence-corrected chi connectivity index (χ3v) is 4.19. The number of amides is 1. The van der Waals surface area contributed by atoms with Crippen LogP contribution in [0.1, 0.15) is 34.5 Å². The van der Waals surface area contributed by atoms with Crippen LogP contribution >= 0.6 is 0 Å². The second-order valence-electron chi connectivity index (χ2n) is 6.27. The summed E-state index contributed by atoms with van der Waals surface area (Å²) in [6.07, 6.45) is 0.407. The van der Waals surface area contributed by atoms with Crippen LogP contribution in [0.5, 0.6) is 5.75 Å². The van der Waals surface area contributed by atoms with Gasteiger partial charge in [-0.15, -0.1) is 0 Å². The molecule has 1 heterocycles. The van der Waals surface area contributed by atoms with Crippen LogP contribution in [0.25, 0.3) is 10.8 Å². The van der Waals surface area contributed by atoms with Crippen molar-refractivity contribution in [3.63, 3.8) is 0 Å². The van der Waals surface area contributed by atoms with Crippen molar-refractivity contribution in [2.45, 2.75) is 20.3 Å². The summed E-state index contributed by atoms with van der Waals surface area (Å²) < 4.78 is 4.77. The number of carbonyl (C=O) groups excluding carboxylic acids is 2. The number of nitrogens with one attached hydrogen (secondary N) is 1. The summed E-state index contributed by atoms with van der Waals surface area (Å²) in [6.45, 7) is 3.21. The summed E-state index contributed by atoms with van der Waals surface area (Å²) >= 11 is 0. The van der Waals surface area contributed by atoms with Crippen molar-refractivity contribution in [2.75, 3.05) is 13.2 Å². The van der Waals surface area contributed by atoms with Crippen LogP contribution in [0, 0.1) is 6.92 Å². The third-order valence-electron chi connectivity index (χ3n) is 4.19. The fraction of sp³-hybridized carbons (Fsp3) is 0.238. The minimum absolute atomic E-state index is 0.160. The molecule has 3 rings (SSSR count). The van der Waals surface area contributed by atoms with Gasteiger partial charge in [0, 0.05) is 6.42 Å². The lowest BCUT2D eigenvalue weighted by molar-refractivity contribution is -0.141. The lowest BCUT2D eigenvalue weighted by Gasteiger charge is -2.10. The number of ether oxygens (including phenoxy) is 1. The number of aryl methyl sites for hydroxylation is 1. The zero-order valence-corrected chi connectivity index (χ0v) is 15.7. The van der Waals surface area contributed by atoms with E-state index in [0.717, 1.165) is 16.3 Å². The molecule has 2 aromatic carbocycles. The number of rotatable bonds is 6. The first-order chi connectivity index (χ1) is 13.5. The molecule has 0 fully saturated rings. The number of aromatic hydroxyl groups is 1. The van der Waals surface area contributed by atoms with Crippen molar-refractivity contribution in [3.8, 4) is 5.75 Å². The number of fused-ring (bicyclic) bond motifs is 1. The van der Waals surface area contributed by atoms with Gasteiger partial charge in [0.1, 0.15) is 12.4 Å². The Kier molecular flexibility index (Phi) is 5.84. The number of carbonyl (C=O) groups is 2. The molecule has 28 heavy (non-hydrogen) atoms. The molecule has 0 saturated heterocycles. The first-order valence-electron chi connectivity index (χ1n) is 8.96. The molecule has 0 aliphatic heterocycles. The van der Waals surface area contributed by atoms with E-state index < -0.39 is 11.9 Å². The highest BCUT2D eigenvalue weighted by atomic mass is 16.5. The molecule has 7 heteroatoms. The molecule has 1 amide bonds. The molecular formula is C21H21N3O4. The van der Waals surface area contributed by atoms with Gasteiger partial charge in [-0.05, 0) is 30.2 Å². The molecule has 7 nitrogen and oxygen atoms in total. The van der Waals surface area contributed by atoms with E-state index in [1.807, 2.05) is 42.5 Å². The van der Waals surface area contributed by atoms with Gasteiger partial charge in [-0.25, -0.2) is 9.97 Å². The van der Waals surface area contributed by atoms with Crippen LogP contribution in [0.15, 0.2) is 42.5 Å². The summed E-state index contributed by atoms with van der Waals surface area (Å²) in [7, 11) is 0. The average Bonchev–Trinajstić information content (AvgIpc) is 2.69. The van der Waals surface area contributed by atoms with E-state index in [9.17, 15) is 14.7 Å². The van der Waals surface area contributed by atoms with E-state index in [1.54, 1.807) is 13.8 Å². The number of hydrogen-bond donors (Lipinski definition) is 2. The second-order valence-corrected chi connectivity index (χ2v) is 6.27. The monoisotopic (exact) mass is 379 g/mol. The number of esters is 1. The summed E-state index contributed by atoms with van der Waals surface area (Å²) in [5.74, 6) is -1.11. The molecule has 2 N–H and O–H groups in total. The average molecular weight is 379 g/mol. The van der Waals surface area contributed by atoms with Crippen molar-refractivity contribution in [1.82, 2.24) is 15.3 Å². The van der Waals surface area contributed by atoms with Gasteiger partial charge in [-0.1, -0.05) is 42.5 Å². The highest BCUT2D eigenvalue weighted by Crippen LogP contribution is 2.21. The quantitative estimate of drug-likeness (QED) is 0.638. The Morgan fingerprint density at radius 3 is 2.61 bits per heavy atom. The topological polar surface area (TPSA) is 101 Å². The Labute approximate surface area is 162 Å². The maximum atomic E-state index is 12.3. The molecule has 3 aromatic rings. The fourth-order valence-electron chi connectivity index (χ4n) is 2.84. The molecule has 0 bridgehead atoms.